The summed E-state index contributed by atoms with van der Waals surface area (Å²) in [4.78, 5) is 4.27. The largest absolute Gasteiger partial charge is 0.507 e. The third kappa shape index (κ3) is 2.66. The van der Waals surface area contributed by atoms with Gasteiger partial charge in [0.1, 0.15) is 5.82 Å². The Balaban J connectivity index is 2.82. The molecule has 1 rings (SSSR count). The van der Waals surface area contributed by atoms with E-state index in [1.807, 2.05) is 6.20 Å². The summed E-state index contributed by atoms with van der Waals surface area (Å²) < 4.78 is 18.1. The minimum absolute atomic E-state index is 0.595. The van der Waals surface area contributed by atoms with Crippen LogP contribution in [0.2, 0.25) is 0 Å². The fourth-order valence-corrected chi connectivity index (χ4v) is 3.07. The zero-order valence-electron chi connectivity index (χ0n) is 9.69. The summed E-state index contributed by atoms with van der Waals surface area (Å²) in [5.41, 5.74) is 0. The Kier molecular flexibility index (Phi) is 4.46. The van der Waals surface area contributed by atoms with E-state index in [4.69, 9.17) is 13.3 Å². The first-order valence-electron chi connectivity index (χ1n) is 4.86. The zero-order valence-corrected chi connectivity index (χ0v) is 10.7. The van der Waals surface area contributed by atoms with Crippen LogP contribution in [0, 0.1) is 0 Å². The van der Waals surface area contributed by atoms with Gasteiger partial charge in [-0.15, -0.1) is 0 Å². The van der Waals surface area contributed by atoms with Crippen LogP contribution < -0.4 is 0 Å². The van der Waals surface area contributed by atoms with E-state index >= 15 is 0 Å². The van der Waals surface area contributed by atoms with Crippen molar-refractivity contribution in [2.75, 3.05) is 21.3 Å². The fourth-order valence-electron chi connectivity index (χ4n) is 1.46. The van der Waals surface area contributed by atoms with Crippen molar-refractivity contribution in [1.82, 2.24) is 9.55 Å². The summed E-state index contributed by atoms with van der Waals surface area (Å²) in [6.07, 6.45) is 3.72. The average molecular weight is 230 g/mol. The van der Waals surface area contributed by atoms with E-state index in [9.17, 15) is 0 Å². The first-order chi connectivity index (χ1) is 7.21. The molecule has 0 radical (unpaired) electrons. The molecule has 0 fully saturated rings. The lowest BCUT2D eigenvalue weighted by Gasteiger charge is -2.24. The molecule has 0 aromatic carbocycles. The molecule has 0 saturated carbocycles. The first kappa shape index (κ1) is 12.4. The summed E-state index contributed by atoms with van der Waals surface area (Å²) in [5.74, 6) is 0.940. The van der Waals surface area contributed by atoms with Crippen LogP contribution >= 0.6 is 0 Å². The summed E-state index contributed by atoms with van der Waals surface area (Å²) in [6, 6.07) is 0.595. The number of aryl methyl sites for hydroxylation is 1. The lowest BCUT2D eigenvalue weighted by Crippen LogP contribution is -2.46. The van der Waals surface area contributed by atoms with Gasteiger partial charge in [-0.1, -0.05) is 0 Å². The highest BCUT2D eigenvalue weighted by Gasteiger charge is 2.39. The molecule has 0 saturated heterocycles. The van der Waals surface area contributed by atoms with Crippen molar-refractivity contribution < 1.29 is 13.3 Å². The van der Waals surface area contributed by atoms with Crippen molar-refractivity contribution in [3.63, 3.8) is 0 Å². The monoisotopic (exact) mass is 230 g/mol. The third-order valence-electron chi connectivity index (χ3n) is 2.45. The number of rotatable bonds is 6. The Morgan fingerprint density at radius 1 is 1.27 bits per heavy atom. The van der Waals surface area contributed by atoms with Crippen LogP contribution in [0.4, 0.5) is 0 Å². The molecule has 5 nitrogen and oxygen atoms in total. The lowest BCUT2D eigenvalue weighted by molar-refractivity contribution is 0.121. The molecular formula is C9H18N2O3Si. The summed E-state index contributed by atoms with van der Waals surface area (Å²) in [7, 11) is 2.28. The molecular weight excluding hydrogens is 212 g/mol. The second-order valence-corrected chi connectivity index (χ2v) is 6.05. The average Bonchev–Trinajstić information content (AvgIpc) is 2.73. The molecule has 0 atom stereocenters. The van der Waals surface area contributed by atoms with Gasteiger partial charge in [0.25, 0.3) is 0 Å². The summed E-state index contributed by atoms with van der Waals surface area (Å²) in [5, 5.41) is 0. The highest BCUT2D eigenvalue weighted by atomic mass is 28.4. The molecule has 0 spiro atoms. The van der Waals surface area contributed by atoms with Gasteiger partial charge in [0.15, 0.2) is 0 Å². The molecule has 0 aliphatic rings. The zero-order chi connectivity index (χ0) is 11.3. The van der Waals surface area contributed by atoms with E-state index in [0.29, 0.717) is 6.04 Å². The topological polar surface area (TPSA) is 45.5 Å². The summed E-state index contributed by atoms with van der Waals surface area (Å²) >= 11 is 0. The van der Waals surface area contributed by atoms with Gasteiger partial charge in [-0.25, -0.2) is 4.98 Å². The quantitative estimate of drug-likeness (QED) is 0.680. The van der Waals surface area contributed by atoms with E-state index in [-0.39, 0.29) is 0 Å². The Morgan fingerprint density at radius 2 is 1.87 bits per heavy atom. The van der Waals surface area contributed by atoms with Crippen molar-refractivity contribution >= 4 is 8.80 Å². The van der Waals surface area contributed by atoms with Crippen molar-refractivity contribution in [2.45, 2.75) is 19.5 Å². The molecule has 86 valence electrons. The molecule has 6 heteroatoms. The van der Waals surface area contributed by atoms with Gasteiger partial charge in [0.2, 0.25) is 0 Å². The van der Waals surface area contributed by atoms with E-state index < -0.39 is 8.80 Å². The molecule has 1 aromatic heterocycles. The maximum atomic E-state index is 5.35. The predicted molar refractivity (Wildman–Crippen MR) is 58.4 cm³/mol. The third-order valence-corrected chi connectivity index (χ3v) is 5.07. The molecule has 1 aromatic rings. The standard InChI is InChI=1S/C9H18N2O3Si/c1-5-11-7-6-10-9(11)8-15(12-2,13-3)14-4/h6-7H,5,8H2,1-4H3. The van der Waals surface area contributed by atoms with Gasteiger partial charge in [-0.05, 0) is 6.92 Å². The van der Waals surface area contributed by atoms with Crippen molar-refractivity contribution in [3.05, 3.63) is 18.2 Å². The Morgan fingerprint density at radius 3 is 2.33 bits per heavy atom. The maximum Gasteiger partial charge on any atom is 0.507 e. The summed E-state index contributed by atoms with van der Waals surface area (Å²) in [6.45, 7) is 2.96. The van der Waals surface area contributed by atoms with Crippen molar-refractivity contribution in [2.24, 2.45) is 0 Å². The highest BCUT2D eigenvalue weighted by molar-refractivity contribution is 6.59. The highest BCUT2D eigenvalue weighted by Crippen LogP contribution is 2.13. The normalized spacial score (nSPS) is 12.0. The Hall–Kier alpha value is -0.693. The number of nitrogens with zero attached hydrogens (tertiary/aromatic N) is 2. The van der Waals surface area contributed by atoms with Gasteiger partial charge >= 0.3 is 8.80 Å². The Labute approximate surface area is 91.4 Å². The maximum absolute atomic E-state index is 5.35. The molecule has 0 bridgehead atoms. The minimum Gasteiger partial charge on any atom is -0.377 e. The van der Waals surface area contributed by atoms with Crippen LogP contribution in [-0.4, -0.2) is 39.7 Å². The van der Waals surface area contributed by atoms with Gasteiger partial charge in [0, 0.05) is 40.3 Å². The molecule has 1 heterocycles. The van der Waals surface area contributed by atoms with E-state index in [2.05, 4.69) is 16.5 Å². The predicted octanol–water partition coefficient (Wildman–Crippen LogP) is 0.863. The number of imidazole rings is 1. The molecule has 0 aliphatic heterocycles. The van der Waals surface area contributed by atoms with Crippen molar-refractivity contribution in [3.8, 4) is 0 Å². The molecule has 0 aliphatic carbocycles. The van der Waals surface area contributed by atoms with Gasteiger partial charge < -0.3 is 17.8 Å². The van der Waals surface area contributed by atoms with Crippen LogP contribution in [0.1, 0.15) is 12.7 Å². The van der Waals surface area contributed by atoms with Crippen LogP contribution in [0.5, 0.6) is 0 Å². The van der Waals surface area contributed by atoms with Crippen molar-refractivity contribution in [1.29, 1.82) is 0 Å². The van der Waals surface area contributed by atoms with E-state index in [1.165, 1.54) is 0 Å². The van der Waals surface area contributed by atoms with Gasteiger partial charge in [-0.2, -0.15) is 0 Å². The van der Waals surface area contributed by atoms with E-state index in [1.54, 1.807) is 27.5 Å². The molecule has 0 amide bonds. The number of hydrogen-bond donors (Lipinski definition) is 0. The SMILES string of the molecule is CCn1ccnc1C[Si](OC)(OC)OC. The smallest absolute Gasteiger partial charge is 0.377 e. The van der Waals surface area contributed by atoms with Gasteiger partial charge in [0.05, 0.1) is 6.04 Å². The second-order valence-electron chi connectivity index (χ2n) is 3.10. The lowest BCUT2D eigenvalue weighted by atomic mass is 10.6. The van der Waals surface area contributed by atoms with Gasteiger partial charge in [-0.3, -0.25) is 0 Å². The fraction of sp³-hybridized carbons (Fsp3) is 0.667. The second kappa shape index (κ2) is 5.41. The van der Waals surface area contributed by atoms with Crippen LogP contribution in [-0.2, 0) is 25.9 Å². The first-order valence-corrected chi connectivity index (χ1v) is 6.80. The van der Waals surface area contributed by atoms with Crippen LogP contribution in [0.25, 0.3) is 0 Å². The van der Waals surface area contributed by atoms with Crippen LogP contribution in [0.3, 0.4) is 0 Å². The number of aromatic nitrogens is 2. The van der Waals surface area contributed by atoms with Crippen LogP contribution in [0.15, 0.2) is 12.4 Å². The Bertz CT molecular complexity index is 291. The molecule has 0 N–H and O–H groups in total. The molecule has 0 unspecified atom stereocenters. The minimum atomic E-state index is -2.55. The molecule has 15 heavy (non-hydrogen) atoms. The van der Waals surface area contributed by atoms with E-state index in [0.717, 1.165) is 12.4 Å². The number of hydrogen-bond acceptors (Lipinski definition) is 4.